The van der Waals surface area contributed by atoms with Gasteiger partial charge in [-0.15, -0.1) is 10.2 Å². The van der Waals surface area contributed by atoms with Crippen LogP contribution in [-0.2, 0) is 12.8 Å². The molecule has 154 valence electrons. The Labute approximate surface area is 185 Å². The van der Waals surface area contributed by atoms with E-state index in [4.69, 9.17) is 5.10 Å². The number of halogens is 1. The van der Waals surface area contributed by atoms with E-state index in [2.05, 4.69) is 83.7 Å². The molecule has 0 unspecified atom stereocenters. The Balaban J connectivity index is 1.45. The van der Waals surface area contributed by atoms with Crippen LogP contribution in [0.4, 0.5) is 11.4 Å². The molecule has 6 rings (SSSR count). The van der Waals surface area contributed by atoms with Gasteiger partial charge in [0.05, 0.1) is 17.1 Å². The Morgan fingerprint density at radius 2 is 1.83 bits per heavy atom. The number of piperazine rings is 1. The zero-order valence-corrected chi connectivity index (χ0v) is 18.8. The van der Waals surface area contributed by atoms with Crippen molar-refractivity contribution in [3.05, 3.63) is 52.3 Å². The number of para-hydroxylation sites is 1. The van der Waals surface area contributed by atoms with Gasteiger partial charge in [-0.25, -0.2) is 0 Å². The number of benzene rings is 2. The first kappa shape index (κ1) is 18.5. The molecule has 6 nitrogen and oxygen atoms in total. The minimum atomic E-state index is 0.900. The molecule has 0 N–H and O–H groups in total. The molecule has 30 heavy (non-hydrogen) atoms. The van der Waals surface area contributed by atoms with Gasteiger partial charge in [-0.3, -0.25) is 4.57 Å². The fourth-order valence-electron chi connectivity index (χ4n) is 5.02. The van der Waals surface area contributed by atoms with Crippen molar-refractivity contribution in [3.63, 3.8) is 0 Å². The van der Waals surface area contributed by atoms with Crippen molar-refractivity contribution in [2.45, 2.75) is 12.8 Å². The summed E-state index contributed by atoms with van der Waals surface area (Å²) in [5.41, 5.74) is 6.30. The molecule has 3 aliphatic rings. The number of aromatic nitrogens is 3. The highest BCUT2D eigenvalue weighted by Gasteiger charge is 2.33. The molecule has 0 aliphatic carbocycles. The van der Waals surface area contributed by atoms with E-state index in [1.165, 1.54) is 28.2 Å². The molecule has 1 fully saturated rings. The Hall–Kier alpha value is -2.22. The number of hydrogen-bond donors (Lipinski definition) is 0. The highest BCUT2D eigenvalue weighted by Crippen LogP contribution is 2.47. The van der Waals surface area contributed by atoms with E-state index in [-0.39, 0.29) is 0 Å². The molecule has 1 aromatic heterocycles. The van der Waals surface area contributed by atoms with Crippen molar-refractivity contribution in [2.75, 3.05) is 51.2 Å². The SMILES string of the molecule is CN1CCN(CCc2nnc3n2-c2cc(Br)ccc2N2CCc4cccc-3c42)CC1. The summed E-state index contributed by atoms with van der Waals surface area (Å²) in [5, 5.41) is 9.39. The van der Waals surface area contributed by atoms with Crippen molar-refractivity contribution in [2.24, 2.45) is 0 Å². The molecule has 0 spiro atoms. The van der Waals surface area contributed by atoms with E-state index >= 15 is 0 Å². The van der Waals surface area contributed by atoms with Crippen molar-refractivity contribution >= 4 is 27.3 Å². The Morgan fingerprint density at radius 1 is 0.967 bits per heavy atom. The Bertz CT molecular complexity index is 1110. The second-order valence-electron chi connectivity index (χ2n) is 8.52. The van der Waals surface area contributed by atoms with Crippen molar-refractivity contribution in [1.29, 1.82) is 0 Å². The van der Waals surface area contributed by atoms with Crippen molar-refractivity contribution in [3.8, 4) is 17.1 Å². The number of fused-ring (bicyclic) bond motifs is 5. The molecular weight excluding hydrogens is 440 g/mol. The molecule has 2 aromatic carbocycles. The van der Waals surface area contributed by atoms with E-state index in [0.717, 1.165) is 68.2 Å². The average Bonchev–Trinajstić information content (AvgIpc) is 3.35. The molecule has 1 saturated heterocycles. The van der Waals surface area contributed by atoms with Crippen LogP contribution in [0.3, 0.4) is 0 Å². The molecule has 0 saturated carbocycles. The van der Waals surface area contributed by atoms with Gasteiger partial charge < -0.3 is 14.7 Å². The maximum absolute atomic E-state index is 4.71. The molecule has 3 aromatic rings. The number of hydrogen-bond acceptors (Lipinski definition) is 5. The Morgan fingerprint density at radius 3 is 2.70 bits per heavy atom. The normalized spacial score (nSPS) is 18.1. The lowest BCUT2D eigenvalue weighted by Crippen LogP contribution is -2.45. The summed E-state index contributed by atoms with van der Waals surface area (Å²) in [6, 6.07) is 13.2. The molecule has 0 bridgehead atoms. The molecule has 4 heterocycles. The number of rotatable bonds is 3. The van der Waals surface area contributed by atoms with E-state index < -0.39 is 0 Å². The smallest absolute Gasteiger partial charge is 0.170 e. The summed E-state index contributed by atoms with van der Waals surface area (Å²) in [7, 11) is 2.20. The van der Waals surface area contributed by atoms with Crippen LogP contribution in [0, 0.1) is 0 Å². The van der Waals surface area contributed by atoms with Crippen LogP contribution in [0.15, 0.2) is 40.9 Å². The zero-order valence-electron chi connectivity index (χ0n) is 17.2. The molecule has 3 aliphatic heterocycles. The van der Waals surface area contributed by atoms with Crippen LogP contribution in [0.5, 0.6) is 0 Å². The lowest BCUT2D eigenvalue weighted by molar-refractivity contribution is 0.155. The Kier molecular flexibility index (Phi) is 4.44. The van der Waals surface area contributed by atoms with Gasteiger partial charge in [0.15, 0.2) is 5.82 Å². The average molecular weight is 465 g/mol. The third-order valence-corrected chi connectivity index (χ3v) is 7.18. The highest BCUT2D eigenvalue weighted by atomic mass is 79.9. The maximum Gasteiger partial charge on any atom is 0.170 e. The van der Waals surface area contributed by atoms with Crippen LogP contribution < -0.4 is 4.90 Å². The maximum atomic E-state index is 4.71. The second kappa shape index (κ2) is 7.18. The van der Waals surface area contributed by atoms with Gasteiger partial charge in [-0.05, 0) is 43.3 Å². The lowest BCUT2D eigenvalue weighted by atomic mass is 10.1. The van der Waals surface area contributed by atoms with E-state index in [1.807, 2.05) is 0 Å². The quantitative estimate of drug-likeness (QED) is 0.593. The van der Waals surface area contributed by atoms with E-state index in [1.54, 1.807) is 0 Å². The third-order valence-electron chi connectivity index (χ3n) is 6.68. The predicted octanol–water partition coefficient (Wildman–Crippen LogP) is 3.49. The topological polar surface area (TPSA) is 40.4 Å². The number of likely N-dealkylation sites (N-methyl/N-ethyl adjacent to an activating group) is 1. The highest BCUT2D eigenvalue weighted by molar-refractivity contribution is 9.10. The van der Waals surface area contributed by atoms with Gasteiger partial charge >= 0.3 is 0 Å². The van der Waals surface area contributed by atoms with Crippen molar-refractivity contribution < 1.29 is 0 Å². The fraction of sp³-hybridized carbons (Fsp3) is 0.391. The minimum absolute atomic E-state index is 0.900. The molecular formula is C23H25BrN6. The number of anilines is 2. The zero-order chi connectivity index (χ0) is 20.2. The van der Waals surface area contributed by atoms with Gasteiger partial charge in [0.1, 0.15) is 5.82 Å². The standard InChI is InChI=1S/C23H25BrN6/c1-27-11-13-28(14-12-27)9-8-21-25-26-23-18-4-2-3-16-7-10-29(22(16)18)19-6-5-17(24)15-20(19)30(21)23/h2-6,15H,7-14H2,1H3. The first-order chi connectivity index (χ1) is 14.7. The number of nitrogens with zero attached hydrogens (tertiary/aromatic N) is 6. The third kappa shape index (κ3) is 2.91. The summed E-state index contributed by atoms with van der Waals surface area (Å²) < 4.78 is 3.38. The molecule has 0 atom stereocenters. The minimum Gasteiger partial charge on any atom is -0.339 e. The second-order valence-corrected chi connectivity index (χ2v) is 9.43. The first-order valence-electron chi connectivity index (χ1n) is 10.7. The van der Waals surface area contributed by atoms with Crippen LogP contribution in [0.2, 0.25) is 0 Å². The van der Waals surface area contributed by atoms with Crippen LogP contribution in [-0.4, -0.2) is 70.9 Å². The fourth-order valence-corrected chi connectivity index (χ4v) is 5.37. The summed E-state index contributed by atoms with van der Waals surface area (Å²) >= 11 is 3.69. The first-order valence-corrected chi connectivity index (χ1v) is 11.5. The van der Waals surface area contributed by atoms with E-state index in [9.17, 15) is 0 Å². The molecule has 0 radical (unpaired) electrons. The van der Waals surface area contributed by atoms with Crippen LogP contribution in [0.25, 0.3) is 17.1 Å². The van der Waals surface area contributed by atoms with Crippen molar-refractivity contribution in [1.82, 2.24) is 24.6 Å². The van der Waals surface area contributed by atoms with Gasteiger partial charge in [-0.2, -0.15) is 0 Å². The van der Waals surface area contributed by atoms with Gasteiger partial charge in [0.25, 0.3) is 0 Å². The summed E-state index contributed by atoms with van der Waals surface area (Å²) in [6.45, 7) is 6.55. The van der Waals surface area contributed by atoms with Gasteiger partial charge in [0.2, 0.25) is 0 Å². The lowest BCUT2D eigenvalue weighted by Gasteiger charge is -2.32. The van der Waals surface area contributed by atoms with Gasteiger partial charge in [-0.1, -0.05) is 28.1 Å². The largest absolute Gasteiger partial charge is 0.339 e. The van der Waals surface area contributed by atoms with E-state index in [0.29, 0.717) is 0 Å². The predicted molar refractivity (Wildman–Crippen MR) is 123 cm³/mol. The van der Waals surface area contributed by atoms with Crippen LogP contribution >= 0.6 is 15.9 Å². The summed E-state index contributed by atoms with van der Waals surface area (Å²) in [5.74, 6) is 2.01. The summed E-state index contributed by atoms with van der Waals surface area (Å²) in [4.78, 5) is 7.40. The van der Waals surface area contributed by atoms with Crippen LogP contribution in [0.1, 0.15) is 11.4 Å². The monoisotopic (exact) mass is 464 g/mol. The molecule has 7 heteroatoms. The summed E-state index contributed by atoms with van der Waals surface area (Å²) in [6.07, 6.45) is 1.97. The molecule has 0 amide bonds. The van der Waals surface area contributed by atoms with Gasteiger partial charge in [0, 0.05) is 55.7 Å².